The predicted molar refractivity (Wildman–Crippen MR) is 39.5 cm³/mol. The lowest BCUT2D eigenvalue weighted by atomic mass is 10.3. The molecule has 2 N–H and O–H groups in total. The maximum Gasteiger partial charge on any atom is 0.373 e. The summed E-state index contributed by atoms with van der Waals surface area (Å²) < 4.78 is 4.61. The number of rotatable bonds is 3. The van der Waals surface area contributed by atoms with Crippen molar-refractivity contribution >= 4 is 5.97 Å². The van der Waals surface area contributed by atoms with Crippen LogP contribution in [0.1, 0.15) is 0 Å². The first-order chi connectivity index (χ1) is 5.70. The Hall–Kier alpha value is -1.55. The lowest BCUT2D eigenvalue weighted by Crippen LogP contribution is -2.25. The third kappa shape index (κ3) is 2.25. The Kier molecular flexibility index (Phi) is 2.66. The molecule has 1 atom stereocenters. The summed E-state index contributed by atoms with van der Waals surface area (Å²) in [7, 11) is 0. The topological polar surface area (TPSA) is 66.8 Å². The lowest BCUT2D eigenvalue weighted by molar-refractivity contribution is -0.162. The van der Waals surface area contributed by atoms with Crippen molar-refractivity contribution in [1.82, 2.24) is 0 Å². The maximum atomic E-state index is 10.1. The molecule has 12 heavy (non-hydrogen) atoms. The third-order valence-electron chi connectivity index (χ3n) is 1.15. The summed E-state index contributed by atoms with van der Waals surface area (Å²) >= 11 is 0. The Balaban J connectivity index is 2.58. The van der Waals surface area contributed by atoms with Crippen LogP contribution in [0.5, 0.6) is 5.75 Å². The first kappa shape index (κ1) is 8.55. The van der Waals surface area contributed by atoms with Crippen LogP contribution in [-0.2, 0) is 4.79 Å². The average Bonchev–Trinajstić information content (AvgIpc) is 2.06. The van der Waals surface area contributed by atoms with Crippen LogP contribution < -0.4 is 4.74 Å². The third-order valence-corrected chi connectivity index (χ3v) is 1.15. The first-order valence-corrected chi connectivity index (χ1v) is 3.24. The van der Waals surface area contributed by atoms with E-state index < -0.39 is 12.3 Å². The van der Waals surface area contributed by atoms with Gasteiger partial charge in [0, 0.05) is 0 Å². The number of carbonyl (C=O) groups is 1. The van der Waals surface area contributed by atoms with Gasteiger partial charge in [0.25, 0.3) is 6.29 Å². The highest BCUT2D eigenvalue weighted by Crippen LogP contribution is 2.09. The largest absolute Gasteiger partial charge is 0.477 e. The van der Waals surface area contributed by atoms with Crippen LogP contribution in [0, 0.1) is 6.07 Å². The molecule has 0 aliphatic carbocycles. The lowest BCUT2D eigenvalue weighted by Gasteiger charge is -2.07. The van der Waals surface area contributed by atoms with E-state index >= 15 is 0 Å². The van der Waals surface area contributed by atoms with E-state index in [0.29, 0.717) is 5.75 Å². The van der Waals surface area contributed by atoms with Crippen molar-refractivity contribution in [3.8, 4) is 5.75 Å². The highest BCUT2D eigenvalue weighted by Gasteiger charge is 2.13. The Labute approximate surface area is 69.0 Å². The second-order valence-electron chi connectivity index (χ2n) is 2.04. The quantitative estimate of drug-likeness (QED) is 0.634. The number of ether oxygens (including phenoxy) is 1. The van der Waals surface area contributed by atoms with Gasteiger partial charge in [-0.05, 0) is 18.2 Å². The molecule has 0 saturated heterocycles. The molecule has 0 heterocycles. The molecule has 4 heteroatoms. The van der Waals surface area contributed by atoms with E-state index in [2.05, 4.69) is 10.8 Å². The molecule has 1 aromatic carbocycles. The van der Waals surface area contributed by atoms with Gasteiger partial charge in [-0.25, -0.2) is 4.79 Å². The van der Waals surface area contributed by atoms with E-state index in [1.807, 2.05) is 0 Å². The van der Waals surface area contributed by atoms with Gasteiger partial charge >= 0.3 is 5.97 Å². The molecule has 1 unspecified atom stereocenters. The number of carboxylic acid groups (broad SMARTS) is 1. The van der Waals surface area contributed by atoms with Gasteiger partial charge in [-0.15, -0.1) is 0 Å². The average molecular weight is 167 g/mol. The monoisotopic (exact) mass is 167 g/mol. The Bertz CT molecular complexity index is 257. The van der Waals surface area contributed by atoms with Crippen molar-refractivity contribution in [3.05, 3.63) is 30.3 Å². The molecular weight excluding hydrogens is 160 g/mol. The summed E-state index contributed by atoms with van der Waals surface area (Å²) in [5.74, 6) is -1.12. The van der Waals surface area contributed by atoms with Crippen LogP contribution in [0.4, 0.5) is 0 Å². The first-order valence-electron chi connectivity index (χ1n) is 3.24. The molecule has 0 fully saturated rings. The number of hydrogen-bond acceptors (Lipinski definition) is 3. The fourth-order valence-electron chi connectivity index (χ4n) is 0.629. The minimum atomic E-state index is -1.81. The highest BCUT2D eigenvalue weighted by atomic mass is 16.6. The van der Waals surface area contributed by atoms with Crippen molar-refractivity contribution in [3.63, 3.8) is 0 Å². The van der Waals surface area contributed by atoms with Gasteiger partial charge < -0.3 is 14.9 Å². The molecule has 0 spiro atoms. The van der Waals surface area contributed by atoms with Gasteiger partial charge in [0.05, 0.1) is 0 Å². The van der Waals surface area contributed by atoms with Gasteiger partial charge in [0.2, 0.25) is 0 Å². The zero-order chi connectivity index (χ0) is 8.97. The van der Waals surface area contributed by atoms with Gasteiger partial charge in [0.15, 0.2) is 0 Å². The molecular formula is C8H7O4. The molecule has 63 valence electrons. The Morgan fingerprint density at radius 1 is 1.50 bits per heavy atom. The second kappa shape index (κ2) is 3.73. The SMILES string of the molecule is O=C(O)C(O)Oc1cc[c]cc1. The predicted octanol–water partition coefficient (Wildman–Crippen LogP) is 0.269. The molecule has 1 aromatic rings. The Morgan fingerprint density at radius 2 is 2.08 bits per heavy atom. The molecule has 0 amide bonds. The van der Waals surface area contributed by atoms with E-state index in [1.54, 1.807) is 12.1 Å². The van der Waals surface area contributed by atoms with Crippen LogP contribution in [0.15, 0.2) is 24.3 Å². The van der Waals surface area contributed by atoms with Gasteiger partial charge in [-0.3, -0.25) is 0 Å². The number of aliphatic hydroxyl groups is 1. The molecule has 1 radical (unpaired) electrons. The van der Waals surface area contributed by atoms with E-state index in [-0.39, 0.29) is 0 Å². The number of aliphatic carboxylic acids is 1. The van der Waals surface area contributed by atoms with Crippen molar-refractivity contribution in [2.45, 2.75) is 6.29 Å². The van der Waals surface area contributed by atoms with Crippen molar-refractivity contribution in [2.75, 3.05) is 0 Å². The van der Waals surface area contributed by atoms with Crippen LogP contribution in [-0.4, -0.2) is 22.5 Å². The van der Waals surface area contributed by atoms with Crippen LogP contribution in [0.2, 0.25) is 0 Å². The van der Waals surface area contributed by atoms with E-state index in [4.69, 9.17) is 10.2 Å². The van der Waals surface area contributed by atoms with Crippen LogP contribution in [0.25, 0.3) is 0 Å². The number of hydrogen-bond donors (Lipinski definition) is 2. The van der Waals surface area contributed by atoms with Gasteiger partial charge in [-0.1, -0.05) is 12.1 Å². The zero-order valence-corrected chi connectivity index (χ0v) is 6.10. The van der Waals surface area contributed by atoms with Crippen LogP contribution in [0.3, 0.4) is 0 Å². The summed E-state index contributed by atoms with van der Waals surface area (Å²) in [6.45, 7) is 0. The number of benzene rings is 1. The molecule has 0 aliphatic rings. The zero-order valence-electron chi connectivity index (χ0n) is 6.10. The van der Waals surface area contributed by atoms with Crippen molar-refractivity contribution in [2.24, 2.45) is 0 Å². The molecule has 0 aromatic heterocycles. The summed E-state index contributed by atoms with van der Waals surface area (Å²) in [6, 6.07) is 8.86. The standard InChI is InChI=1S/C8H7O4/c9-7(10)8(11)12-6-4-2-1-3-5-6/h2-5,8,11H,(H,9,10). The highest BCUT2D eigenvalue weighted by molar-refractivity contribution is 5.70. The summed E-state index contributed by atoms with van der Waals surface area (Å²) in [4.78, 5) is 10.1. The summed E-state index contributed by atoms with van der Waals surface area (Å²) in [5, 5.41) is 17.0. The van der Waals surface area contributed by atoms with Crippen molar-refractivity contribution < 1.29 is 19.7 Å². The maximum absolute atomic E-state index is 10.1. The number of aliphatic hydroxyl groups excluding tert-OH is 1. The minimum Gasteiger partial charge on any atom is -0.477 e. The van der Waals surface area contributed by atoms with E-state index in [1.165, 1.54) is 12.1 Å². The van der Waals surface area contributed by atoms with Crippen LogP contribution >= 0.6 is 0 Å². The molecule has 1 rings (SSSR count). The van der Waals surface area contributed by atoms with Gasteiger partial charge in [-0.2, -0.15) is 0 Å². The van der Waals surface area contributed by atoms with Gasteiger partial charge in [0.1, 0.15) is 5.75 Å². The van der Waals surface area contributed by atoms with E-state index in [0.717, 1.165) is 0 Å². The normalized spacial score (nSPS) is 12.1. The van der Waals surface area contributed by atoms with E-state index in [9.17, 15) is 4.79 Å². The summed E-state index contributed by atoms with van der Waals surface area (Å²) in [5.41, 5.74) is 0. The fraction of sp³-hybridized carbons (Fsp3) is 0.125. The second-order valence-corrected chi connectivity index (χ2v) is 2.04. The Morgan fingerprint density at radius 3 is 2.58 bits per heavy atom. The summed E-state index contributed by atoms with van der Waals surface area (Å²) in [6.07, 6.45) is -1.81. The molecule has 0 bridgehead atoms. The fourth-order valence-corrected chi connectivity index (χ4v) is 0.629. The molecule has 0 aliphatic heterocycles. The number of carboxylic acids is 1. The molecule has 0 saturated carbocycles. The molecule has 4 nitrogen and oxygen atoms in total. The van der Waals surface area contributed by atoms with Crippen molar-refractivity contribution in [1.29, 1.82) is 0 Å². The minimum absolute atomic E-state index is 0.295. The smallest absolute Gasteiger partial charge is 0.373 e.